The summed E-state index contributed by atoms with van der Waals surface area (Å²) in [5, 5.41) is 10.7. The van der Waals surface area contributed by atoms with E-state index in [1.165, 1.54) is 28.8 Å². The lowest BCUT2D eigenvalue weighted by Gasteiger charge is -2.25. The zero-order valence-electron chi connectivity index (χ0n) is 16.7. The number of ether oxygens (including phenoxy) is 2. The van der Waals surface area contributed by atoms with E-state index in [0.29, 0.717) is 18.6 Å². The molecule has 1 N–H and O–H groups in total. The van der Waals surface area contributed by atoms with Crippen LogP contribution < -0.4 is 0 Å². The fourth-order valence-corrected chi connectivity index (χ4v) is 4.59. The lowest BCUT2D eigenvalue weighted by atomic mass is 9.92. The molecule has 0 radical (unpaired) electrons. The Bertz CT molecular complexity index is 844. The second-order valence-electron chi connectivity index (χ2n) is 8.00. The number of aliphatic hydroxyl groups excluding tert-OH is 1. The number of halogens is 1. The van der Waals surface area contributed by atoms with E-state index in [1.807, 2.05) is 0 Å². The second-order valence-corrected chi connectivity index (χ2v) is 8.00. The predicted octanol–water partition coefficient (Wildman–Crippen LogP) is 4.87. The summed E-state index contributed by atoms with van der Waals surface area (Å²) in [4.78, 5) is 0. The normalized spacial score (nSPS) is 23.1. The summed E-state index contributed by atoms with van der Waals surface area (Å²) >= 11 is 0. The summed E-state index contributed by atoms with van der Waals surface area (Å²) in [7, 11) is 0. The molecular formula is C24H29FO3. The molecule has 1 aliphatic heterocycles. The van der Waals surface area contributed by atoms with E-state index < -0.39 is 11.9 Å². The zero-order valence-corrected chi connectivity index (χ0v) is 16.7. The first kappa shape index (κ1) is 19.6. The SMILES string of the molecule is CCC1(CC)OC[C@H](CCc2cccc3c2CC(O)c2cc(F)ccc2C3)O1. The number of fused-ring (bicyclic) bond motifs is 2. The highest BCUT2D eigenvalue weighted by Crippen LogP contribution is 2.35. The van der Waals surface area contributed by atoms with E-state index in [-0.39, 0.29) is 11.9 Å². The van der Waals surface area contributed by atoms with Crippen molar-refractivity contribution in [3.63, 3.8) is 0 Å². The van der Waals surface area contributed by atoms with Crippen molar-refractivity contribution < 1.29 is 19.0 Å². The third-order valence-electron chi connectivity index (χ3n) is 6.34. The van der Waals surface area contributed by atoms with E-state index in [9.17, 15) is 9.50 Å². The Morgan fingerprint density at radius 3 is 2.71 bits per heavy atom. The highest BCUT2D eigenvalue weighted by atomic mass is 19.1. The first-order valence-electron chi connectivity index (χ1n) is 10.4. The molecule has 4 rings (SSSR count). The molecule has 3 nitrogen and oxygen atoms in total. The van der Waals surface area contributed by atoms with Gasteiger partial charge in [0.1, 0.15) is 5.82 Å². The molecule has 0 aromatic heterocycles. The van der Waals surface area contributed by atoms with Crippen LogP contribution in [0.4, 0.5) is 4.39 Å². The minimum atomic E-state index is -0.674. The Morgan fingerprint density at radius 1 is 1.14 bits per heavy atom. The minimum absolute atomic E-state index is 0.109. The molecule has 28 heavy (non-hydrogen) atoms. The Balaban J connectivity index is 1.52. The molecule has 150 valence electrons. The van der Waals surface area contributed by atoms with Crippen molar-refractivity contribution in [2.45, 2.75) is 70.4 Å². The van der Waals surface area contributed by atoms with Gasteiger partial charge in [-0.2, -0.15) is 0 Å². The van der Waals surface area contributed by atoms with Crippen molar-refractivity contribution in [2.24, 2.45) is 0 Å². The maximum atomic E-state index is 13.7. The van der Waals surface area contributed by atoms with Gasteiger partial charge in [0, 0.05) is 6.42 Å². The van der Waals surface area contributed by atoms with Gasteiger partial charge in [-0.1, -0.05) is 38.1 Å². The van der Waals surface area contributed by atoms with Crippen LogP contribution in [0, 0.1) is 5.82 Å². The van der Waals surface area contributed by atoms with E-state index in [1.54, 1.807) is 6.07 Å². The molecule has 2 atom stereocenters. The smallest absolute Gasteiger partial charge is 0.168 e. The highest BCUT2D eigenvalue weighted by Gasteiger charge is 2.38. The first-order valence-corrected chi connectivity index (χ1v) is 10.4. The number of aliphatic hydroxyl groups is 1. The largest absolute Gasteiger partial charge is 0.388 e. The lowest BCUT2D eigenvalue weighted by Crippen LogP contribution is -2.29. The van der Waals surface area contributed by atoms with Crippen LogP contribution in [0.25, 0.3) is 0 Å². The van der Waals surface area contributed by atoms with Crippen LogP contribution in [0.3, 0.4) is 0 Å². The molecule has 1 aliphatic carbocycles. The maximum Gasteiger partial charge on any atom is 0.168 e. The van der Waals surface area contributed by atoms with E-state index >= 15 is 0 Å². The van der Waals surface area contributed by atoms with Gasteiger partial charge in [0.25, 0.3) is 0 Å². The molecule has 1 heterocycles. The topological polar surface area (TPSA) is 38.7 Å². The van der Waals surface area contributed by atoms with Crippen LogP contribution in [-0.4, -0.2) is 23.6 Å². The standard InChI is InChI=1S/C24H29FO3/c1-3-24(4-2)27-15-20(28-24)11-9-16-6-5-7-17-12-18-8-10-19(25)13-22(18)23(26)14-21(16)17/h5-8,10,13,20,23,26H,3-4,9,11-12,14-15H2,1-2H3/t20-,23?/m0/s1. The summed E-state index contributed by atoms with van der Waals surface area (Å²) in [6.45, 7) is 4.85. The molecule has 2 aromatic carbocycles. The average molecular weight is 384 g/mol. The van der Waals surface area contributed by atoms with Gasteiger partial charge in [-0.25, -0.2) is 4.39 Å². The number of hydrogen-bond donors (Lipinski definition) is 1. The monoisotopic (exact) mass is 384 g/mol. The van der Waals surface area contributed by atoms with E-state index in [0.717, 1.165) is 37.7 Å². The molecule has 0 bridgehead atoms. The predicted molar refractivity (Wildman–Crippen MR) is 107 cm³/mol. The second kappa shape index (κ2) is 7.94. The van der Waals surface area contributed by atoms with Crippen molar-refractivity contribution in [3.05, 3.63) is 70.0 Å². The van der Waals surface area contributed by atoms with Crippen molar-refractivity contribution in [2.75, 3.05) is 6.61 Å². The molecule has 4 heteroatoms. The van der Waals surface area contributed by atoms with E-state index in [4.69, 9.17) is 9.47 Å². The number of aryl methyl sites for hydroxylation is 1. The van der Waals surface area contributed by atoms with Gasteiger partial charge in [0.15, 0.2) is 5.79 Å². The van der Waals surface area contributed by atoms with Crippen LogP contribution in [0.5, 0.6) is 0 Å². The minimum Gasteiger partial charge on any atom is -0.388 e. The summed E-state index contributed by atoms with van der Waals surface area (Å²) in [5.74, 6) is -0.710. The van der Waals surface area contributed by atoms with Crippen molar-refractivity contribution in [1.29, 1.82) is 0 Å². The fourth-order valence-electron chi connectivity index (χ4n) is 4.59. The lowest BCUT2D eigenvalue weighted by molar-refractivity contribution is -0.172. The van der Waals surface area contributed by atoms with Gasteiger partial charge in [-0.3, -0.25) is 0 Å². The molecular weight excluding hydrogens is 355 g/mol. The molecule has 0 saturated carbocycles. The fraction of sp³-hybridized carbons (Fsp3) is 0.500. The third-order valence-corrected chi connectivity index (χ3v) is 6.34. The van der Waals surface area contributed by atoms with Crippen molar-refractivity contribution in [3.8, 4) is 0 Å². The van der Waals surface area contributed by atoms with Crippen molar-refractivity contribution >= 4 is 0 Å². The summed E-state index contributed by atoms with van der Waals surface area (Å²) in [6.07, 6.45) is 4.20. The maximum absolute atomic E-state index is 13.7. The summed E-state index contributed by atoms with van der Waals surface area (Å²) in [6, 6.07) is 11.1. The van der Waals surface area contributed by atoms with Gasteiger partial charge in [0.05, 0.1) is 18.8 Å². The average Bonchev–Trinajstić information content (AvgIpc) is 3.07. The van der Waals surface area contributed by atoms with E-state index in [2.05, 4.69) is 32.0 Å². The van der Waals surface area contributed by atoms with Crippen LogP contribution in [0.1, 0.15) is 67.0 Å². The quantitative estimate of drug-likeness (QED) is 0.799. The molecule has 0 spiro atoms. The van der Waals surface area contributed by atoms with Crippen LogP contribution in [0.2, 0.25) is 0 Å². The number of rotatable bonds is 5. The molecule has 1 fully saturated rings. The molecule has 1 unspecified atom stereocenters. The Kier molecular flexibility index (Phi) is 5.55. The van der Waals surface area contributed by atoms with Crippen LogP contribution in [-0.2, 0) is 28.7 Å². The zero-order chi connectivity index (χ0) is 19.7. The molecule has 1 saturated heterocycles. The Labute approximate surface area is 166 Å². The third kappa shape index (κ3) is 3.73. The van der Waals surface area contributed by atoms with Gasteiger partial charge in [-0.15, -0.1) is 0 Å². The molecule has 2 aliphatic rings. The van der Waals surface area contributed by atoms with Gasteiger partial charge < -0.3 is 14.6 Å². The number of benzene rings is 2. The Morgan fingerprint density at radius 2 is 1.96 bits per heavy atom. The highest BCUT2D eigenvalue weighted by molar-refractivity contribution is 5.45. The number of hydrogen-bond acceptors (Lipinski definition) is 3. The summed E-state index contributed by atoms with van der Waals surface area (Å²) < 4.78 is 25.8. The molecule has 0 amide bonds. The van der Waals surface area contributed by atoms with Gasteiger partial charge in [0.2, 0.25) is 0 Å². The van der Waals surface area contributed by atoms with Crippen molar-refractivity contribution in [1.82, 2.24) is 0 Å². The first-order chi connectivity index (χ1) is 13.5. The summed E-state index contributed by atoms with van der Waals surface area (Å²) in [5.41, 5.74) is 5.39. The van der Waals surface area contributed by atoms with Crippen LogP contribution in [0.15, 0.2) is 36.4 Å². The molecule has 2 aromatic rings. The van der Waals surface area contributed by atoms with Gasteiger partial charge in [-0.05, 0) is 72.1 Å². The van der Waals surface area contributed by atoms with Crippen LogP contribution >= 0.6 is 0 Å². The Hall–Kier alpha value is -1.75. The van der Waals surface area contributed by atoms with Gasteiger partial charge >= 0.3 is 0 Å².